The minimum Gasteiger partial charge on any atom is -0.508 e. The van der Waals surface area contributed by atoms with Gasteiger partial charge in [0.2, 0.25) is 0 Å². The van der Waals surface area contributed by atoms with Gasteiger partial charge < -0.3 is 10.0 Å². The van der Waals surface area contributed by atoms with Crippen LogP contribution in [0.3, 0.4) is 0 Å². The van der Waals surface area contributed by atoms with Crippen LogP contribution in [0.4, 0.5) is 11.4 Å². The molecule has 0 fully saturated rings. The van der Waals surface area contributed by atoms with Gasteiger partial charge in [-0.25, -0.2) is 5.06 Å². The van der Waals surface area contributed by atoms with Crippen molar-refractivity contribution in [2.75, 3.05) is 26.1 Å². The molecule has 0 amide bonds. The lowest BCUT2D eigenvalue weighted by atomic mass is 10.2. The molecule has 6 nitrogen and oxygen atoms in total. The van der Waals surface area contributed by atoms with Crippen LogP contribution < -0.4 is 4.90 Å². The molecule has 1 aromatic rings. The third kappa shape index (κ3) is 3.16. The zero-order chi connectivity index (χ0) is 14.5. The highest BCUT2D eigenvalue weighted by Gasteiger charge is 2.13. The zero-order valence-corrected chi connectivity index (χ0v) is 11.8. The molecule has 1 aliphatic heterocycles. The van der Waals surface area contributed by atoms with Gasteiger partial charge in [-0.05, 0) is 24.3 Å². The quantitative estimate of drug-likeness (QED) is 0.858. The van der Waals surface area contributed by atoms with Crippen molar-refractivity contribution in [3.05, 3.63) is 42.6 Å². The molecule has 1 N–H and O–H groups in total. The second-order valence-electron chi connectivity index (χ2n) is 4.47. The maximum absolute atomic E-state index is 9.54. The maximum atomic E-state index is 9.54. The highest BCUT2D eigenvalue weighted by molar-refractivity contribution is 5.68. The van der Waals surface area contributed by atoms with Crippen LogP contribution in [0.5, 0.6) is 5.75 Å². The largest absolute Gasteiger partial charge is 0.508 e. The average Bonchev–Trinajstić information content (AvgIpc) is 2.46. The van der Waals surface area contributed by atoms with Gasteiger partial charge in [-0.1, -0.05) is 6.08 Å². The Morgan fingerprint density at radius 3 is 2.80 bits per heavy atom. The first kappa shape index (κ1) is 14.1. The van der Waals surface area contributed by atoms with Crippen LogP contribution in [0.15, 0.2) is 52.9 Å². The van der Waals surface area contributed by atoms with Gasteiger partial charge in [0.15, 0.2) is 6.17 Å². The number of aromatic hydroxyl groups is 1. The lowest BCUT2D eigenvalue weighted by molar-refractivity contribution is -0.108. The minimum absolute atomic E-state index is 0.201. The fraction of sp³-hybridized carbons (Fsp3) is 0.286. The fourth-order valence-corrected chi connectivity index (χ4v) is 1.81. The summed E-state index contributed by atoms with van der Waals surface area (Å²) < 4.78 is 0. The van der Waals surface area contributed by atoms with Crippen molar-refractivity contribution in [2.24, 2.45) is 10.2 Å². The molecule has 6 heteroatoms. The van der Waals surface area contributed by atoms with Gasteiger partial charge in [-0.3, -0.25) is 4.84 Å². The standard InChI is InChI=1S/C14H18N4O2/c1-17(2)13-10-11(19)7-8-12(13)15-16-14-6-4-5-9-18(14)20-3/h4-10,14,19H,1-3H3. The summed E-state index contributed by atoms with van der Waals surface area (Å²) in [5.41, 5.74) is 1.49. The van der Waals surface area contributed by atoms with Gasteiger partial charge in [-0.15, -0.1) is 0 Å². The lowest BCUT2D eigenvalue weighted by Gasteiger charge is -2.23. The Bertz CT molecular complexity index is 552. The lowest BCUT2D eigenvalue weighted by Crippen LogP contribution is -2.27. The maximum Gasteiger partial charge on any atom is 0.184 e. The Kier molecular flexibility index (Phi) is 4.37. The zero-order valence-electron chi connectivity index (χ0n) is 11.8. The van der Waals surface area contributed by atoms with Crippen LogP contribution in [0.2, 0.25) is 0 Å². The van der Waals surface area contributed by atoms with Gasteiger partial charge in [0.05, 0.1) is 12.8 Å². The summed E-state index contributed by atoms with van der Waals surface area (Å²) >= 11 is 0. The predicted octanol–water partition coefficient (Wildman–Crippen LogP) is 2.81. The van der Waals surface area contributed by atoms with Crippen molar-refractivity contribution < 1.29 is 9.94 Å². The highest BCUT2D eigenvalue weighted by Crippen LogP contribution is 2.31. The Balaban J connectivity index is 2.23. The van der Waals surface area contributed by atoms with Crippen LogP contribution >= 0.6 is 0 Å². The molecule has 0 bridgehead atoms. The summed E-state index contributed by atoms with van der Waals surface area (Å²) in [5.74, 6) is 0.201. The second kappa shape index (κ2) is 6.21. The molecule has 0 aromatic heterocycles. The van der Waals surface area contributed by atoms with Gasteiger partial charge in [0, 0.05) is 26.4 Å². The molecule has 0 saturated heterocycles. The molecule has 2 rings (SSSR count). The summed E-state index contributed by atoms with van der Waals surface area (Å²) in [6.07, 6.45) is 7.12. The Morgan fingerprint density at radius 1 is 1.30 bits per heavy atom. The molecule has 0 spiro atoms. The van der Waals surface area contributed by atoms with E-state index in [1.807, 2.05) is 37.2 Å². The Labute approximate surface area is 118 Å². The van der Waals surface area contributed by atoms with Crippen molar-refractivity contribution in [3.8, 4) is 5.75 Å². The van der Waals surface area contributed by atoms with Gasteiger partial charge in [0.1, 0.15) is 11.4 Å². The molecular formula is C14H18N4O2. The van der Waals surface area contributed by atoms with E-state index in [9.17, 15) is 5.11 Å². The summed E-state index contributed by atoms with van der Waals surface area (Å²) in [6.45, 7) is 0. The monoisotopic (exact) mass is 274 g/mol. The van der Waals surface area contributed by atoms with Gasteiger partial charge >= 0.3 is 0 Å². The number of anilines is 1. The Hall–Kier alpha value is -2.34. The number of phenolic OH excluding ortho intramolecular Hbond substituents is 1. The van der Waals surface area contributed by atoms with Crippen LogP contribution in [0.25, 0.3) is 0 Å². The van der Waals surface area contributed by atoms with E-state index in [4.69, 9.17) is 4.84 Å². The third-order valence-corrected chi connectivity index (χ3v) is 2.82. The fourth-order valence-electron chi connectivity index (χ4n) is 1.81. The smallest absolute Gasteiger partial charge is 0.184 e. The van der Waals surface area contributed by atoms with Crippen molar-refractivity contribution in [1.29, 1.82) is 0 Å². The van der Waals surface area contributed by atoms with Gasteiger partial charge in [-0.2, -0.15) is 10.2 Å². The minimum atomic E-state index is -0.297. The van der Waals surface area contributed by atoms with Crippen molar-refractivity contribution in [3.63, 3.8) is 0 Å². The molecule has 106 valence electrons. The second-order valence-corrected chi connectivity index (χ2v) is 4.47. The molecule has 0 radical (unpaired) electrons. The van der Waals surface area contributed by atoms with Crippen LogP contribution in [-0.4, -0.2) is 37.5 Å². The van der Waals surface area contributed by atoms with E-state index < -0.39 is 0 Å². The number of phenols is 1. The molecule has 20 heavy (non-hydrogen) atoms. The molecule has 1 aliphatic rings. The van der Waals surface area contributed by atoms with E-state index in [-0.39, 0.29) is 11.9 Å². The summed E-state index contributed by atoms with van der Waals surface area (Å²) in [6, 6.07) is 4.97. The number of hydrogen-bond acceptors (Lipinski definition) is 6. The molecule has 1 heterocycles. The normalized spacial score (nSPS) is 17.9. The van der Waals surface area contributed by atoms with E-state index in [1.165, 1.54) is 0 Å². The average molecular weight is 274 g/mol. The molecular weight excluding hydrogens is 256 g/mol. The van der Waals surface area contributed by atoms with Crippen LogP contribution in [0.1, 0.15) is 0 Å². The van der Waals surface area contributed by atoms with E-state index in [2.05, 4.69) is 10.2 Å². The van der Waals surface area contributed by atoms with Crippen molar-refractivity contribution in [2.45, 2.75) is 6.17 Å². The number of nitrogens with zero attached hydrogens (tertiary/aromatic N) is 4. The van der Waals surface area contributed by atoms with Crippen molar-refractivity contribution >= 4 is 11.4 Å². The van der Waals surface area contributed by atoms with Gasteiger partial charge in [0.25, 0.3) is 0 Å². The van der Waals surface area contributed by atoms with Crippen molar-refractivity contribution in [1.82, 2.24) is 5.06 Å². The molecule has 1 atom stereocenters. The summed E-state index contributed by atoms with van der Waals surface area (Å²) in [5, 5.41) is 19.6. The van der Waals surface area contributed by atoms with E-state index >= 15 is 0 Å². The topological polar surface area (TPSA) is 60.7 Å². The molecule has 0 saturated carbocycles. The van der Waals surface area contributed by atoms with E-state index in [0.29, 0.717) is 5.69 Å². The third-order valence-electron chi connectivity index (χ3n) is 2.82. The summed E-state index contributed by atoms with van der Waals surface area (Å²) in [7, 11) is 5.36. The first-order chi connectivity index (χ1) is 9.61. The number of hydroxylamine groups is 2. The number of benzene rings is 1. The summed E-state index contributed by atoms with van der Waals surface area (Å²) in [4.78, 5) is 7.05. The first-order valence-corrected chi connectivity index (χ1v) is 6.20. The number of rotatable bonds is 4. The van der Waals surface area contributed by atoms with Crippen LogP contribution in [-0.2, 0) is 4.84 Å². The van der Waals surface area contributed by atoms with E-state index in [0.717, 1.165) is 5.69 Å². The number of azo groups is 1. The van der Waals surface area contributed by atoms with E-state index in [1.54, 1.807) is 36.6 Å². The molecule has 1 aromatic carbocycles. The first-order valence-electron chi connectivity index (χ1n) is 6.20. The molecule has 0 aliphatic carbocycles. The van der Waals surface area contributed by atoms with Crippen LogP contribution in [0, 0.1) is 0 Å². The molecule has 1 unspecified atom stereocenters. The SMILES string of the molecule is CON1C=CC=CC1N=Nc1ccc(O)cc1N(C)C. The number of allylic oxidation sites excluding steroid dienone is 2. The Morgan fingerprint density at radius 2 is 2.10 bits per heavy atom. The predicted molar refractivity (Wildman–Crippen MR) is 77.9 cm³/mol. The number of hydrogen-bond donors (Lipinski definition) is 1. The highest BCUT2D eigenvalue weighted by atomic mass is 16.7.